The maximum absolute atomic E-state index is 11.5. The number of carbonyl (C=O) groups excluding carboxylic acids is 1. The minimum Gasteiger partial charge on any atom is -0.464 e. The lowest BCUT2D eigenvalue weighted by molar-refractivity contribution is 0.0593. The minimum absolute atomic E-state index is 0.399. The van der Waals surface area contributed by atoms with E-state index < -0.39 is 5.97 Å². The number of nitrogens with one attached hydrogen (secondary N) is 1. The van der Waals surface area contributed by atoms with Crippen LogP contribution in [0.2, 0.25) is 0 Å². The highest BCUT2D eigenvalue weighted by atomic mass is 79.9. The molecular weight excluding hydrogens is 282 g/mol. The number of esters is 1. The number of carbonyl (C=O) groups is 1. The lowest BCUT2D eigenvalue weighted by atomic mass is 10.3. The van der Waals surface area contributed by atoms with E-state index in [4.69, 9.17) is 4.74 Å². The van der Waals surface area contributed by atoms with E-state index in [0.29, 0.717) is 10.2 Å². The zero-order chi connectivity index (χ0) is 12.8. The molecule has 0 aliphatic heterocycles. The SMILES string of the molecule is C=C/C=c1/c(Br)c(C(=O)OC)[nH]/c1=C/C=C\C. The van der Waals surface area contributed by atoms with Crippen LogP contribution in [-0.4, -0.2) is 18.1 Å². The van der Waals surface area contributed by atoms with Gasteiger partial charge in [-0.25, -0.2) is 4.79 Å². The van der Waals surface area contributed by atoms with Gasteiger partial charge < -0.3 is 9.72 Å². The number of rotatable bonds is 3. The Balaban J connectivity index is 3.57. The Morgan fingerprint density at radius 2 is 2.18 bits per heavy atom. The second kappa shape index (κ2) is 6.25. The van der Waals surface area contributed by atoms with Gasteiger partial charge in [0.25, 0.3) is 0 Å². The molecule has 0 aliphatic rings. The van der Waals surface area contributed by atoms with Crippen molar-refractivity contribution in [3.8, 4) is 0 Å². The molecule has 3 nitrogen and oxygen atoms in total. The Hall–Kier alpha value is -1.55. The highest BCUT2D eigenvalue weighted by molar-refractivity contribution is 9.10. The summed E-state index contributed by atoms with van der Waals surface area (Å²) >= 11 is 3.38. The molecule has 1 aromatic rings. The molecule has 0 aliphatic carbocycles. The highest BCUT2D eigenvalue weighted by Crippen LogP contribution is 2.08. The van der Waals surface area contributed by atoms with Gasteiger partial charge in [0.1, 0.15) is 5.69 Å². The van der Waals surface area contributed by atoms with E-state index in [-0.39, 0.29) is 0 Å². The summed E-state index contributed by atoms with van der Waals surface area (Å²) in [6, 6.07) is 0. The summed E-state index contributed by atoms with van der Waals surface area (Å²) in [5.41, 5.74) is 0.399. The summed E-state index contributed by atoms with van der Waals surface area (Å²) < 4.78 is 5.38. The van der Waals surface area contributed by atoms with Crippen LogP contribution in [0.5, 0.6) is 0 Å². The van der Waals surface area contributed by atoms with Crippen LogP contribution in [0.3, 0.4) is 0 Å². The van der Waals surface area contributed by atoms with Crippen LogP contribution in [0.4, 0.5) is 0 Å². The summed E-state index contributed by atoms with van der Waals surface area (Å²) in [5, 5.41) is 1.70. The fourth-order valence-corrected chi connectivity index (χ4v) is 1.96. The molecule has 0 saturated carbocycles. The predicted octanol–water partition coefficient (Wildman–Crippen LogP) is 1.89. The second-order valence-electron chi connectivity index (χ2n) is 3.23. The van der Waals surface area contributed by atoms with Crippen molar-refractivity contribution in [2.45, 2.75) is 6.92 Å². The van der Waals surface area contributed by atoms with Crippen LogP contribution in [-0.2, 0) is 4.74 Å². The van der Waals surface area contributed by atoms with Gasteiger partial charge in [-0.05, 0) is 28.9 Å². The standard InChI is InChI=1S/C13H14BrNO2/c1-4-6-8-10-9(7-5-2)11(14)12(15-10)13(16)17-3/h4-8,15H,2H2,1,3H3/b6-4-,9-7+,10-8+. The molecule has 1 aromatic heterocycles. The average molecular weight is 296 g/mol. The van der Waals surface area contributed by atoms with Gasteiger partial charge in [-0.2, -0.15) is 0 Å². The Labute approximate surface area is 108 Å². The second-order valence-corrected chi connectivity index (χ2v) is 4.02. The van der Waals surface area contributed by atoms with Crippen molar-refractivity contribution < 1.29 is 9.53 Å². The van der Waals surface area contributed by atoms with Crippen LogP contribution in [0.15, 0.2) is 29.3 Å². The average Bonchev–Trinajstić information content (AvgIpc) is 2.64. The van der Waals surface area contributed by atoms with E-state index in [0.717, 1.165) is 10.6 Å². The monoisotopic (exact) mass is 295 g/mol. The van der Waals surface area contributed by atoms with Gasteiger partial charge in [0.15, 0.2) is 0 Å². The first-order chi connectivity index (χ1) is 8.15. The van der Waals surface area contributed by atoms with Crippen molar-refractivity contribution in [2.75, 3.05) is 7.11 Å². The van der Waals surface area contributed by atoms with Crippen molar-refractivity contribution in [3.63, 3.8) is 0 Å². The quantitative estimate of drug-likeness (QED) is 0.866. The Bertz CT molecular complexity index is 567. The van der Waals surface area contributed by atoms with Gasteiger partial charge in [-0.3, -0.25) is 0 Å². The Kier molecular flexibility index (Phi) is 4.97. The van der Waals surface area contributed by atoms with Crippen LogP contribution < -0.4 is 10.6 Å². The number of aromatic nitrogens is 1. The predicted molar refractivity (Wildman–Crippen MR) is 73.0 cm³/mol. The number of H-pyrrole nitrogens is 1. The molecular formula is C13H14BrNO2. The topological polar surface area (TPSA) is 42.1 Å². The molecule has 0 unspecified atom stereocenters. The summed E-state index contributed by atoms with van der Waals surface area (Å²) in [6.07, 6.45) is 9.17. The summed E-state index contributed by atoms with van der Waals surface area (Å²) in [6.45, 7) is 5.58. The molecule has 4 heteroatoms. The van der Waals surface area contributed by atoms with E-state index in [2.05, 4.69) is 27.5 Å². The first kappa shape index (κ1) is 13.5. The third-order valence-electron chi connectivity index (χ3n) is 2.14. The number of ether oxygens (including phenoxy) is 1. The van der Waals surface area contributed by atoms with Gasteiger partial charge in [0.05, 0.1) is 11.6 Å². The number of aromatic amines is 1. The molecule has 0 saturated heterocycles. The van der Waals surface area contributed by atoms with E-state index in [1.54, 1.807) is 6.08 Å². The van der Waals surface area contributed by atoms with Gasteiger partial charge in [-0.15, -0.1) is 0 Å². The van der Waals surface area contributed by atoms with Crippen LogP contribution in [0.1, 0.15) is 17.4 Å². The summed E-state index contributed by atoms with van der Waals surface area (Å²) in [7, 11) is 1.35. The van der Waals surface area contributed by atoms with E-state index in [1.807, 2.05) is 31.2 Å². The Morgan fingerprint density at radius 1 is 1.47 bits per heavy atom. The van der Waals surface area contributed by atoms with Crippen molar-refractivity contribution in [1.82, 2.24) is 4.98 Å². The normalized spacial score (nSPS) is 13.4. The number of allylic oxidation sites excluding steroid dienone is 3. The number of halogens is 1. The van der Waals surface area contributed by atoms with Gasteiger partial charge >= 0.3 is 5.97 Å². The van der Waals surface area contributed by atoms with Crippen molar-refractivity contribution in [3.05, 3.63) is 45.5 Å². The smallest absolute Gasteiger partial charge is 0.355 e. The van der Waals surface area contributed by atoms with Gasteiger partial charge in [-0.1, -0.05) is 30.9 Å². The van der Waals surface area contributed by atoms with Gasteiger partial charge in [0.2, 0.25) is 0 Å². The number of hydrogen-bond donors (Lipinski definition) is 1. The molecule has 0 atom stereocenters. The molecule has 0 aromatic carbocycles. The van der Waals surface area contributed by atoms with E-state index >= 15 is 0 Å². The van der Waals surface area contributed by atoms with Crippen molar-refractivity contribution >= 4 is 34.1 Å². The van der Waals surface area contributed by atoms with Crippen molar-refractivity contribution in [1.29, 1.82) is 0 Å². The lowest BCUT2D eigenvalue weighted by Gasteiger charge is -1.94. The maximum Gasteiger partial charge on any atom is 0.355 e. The molecule has 1 heterocycles. The first-order valence-corrected chi connectivity index (χ1v) is 5.86. The summed E-state index contributed by atoms with van der Waals surface area (Å²) in [4.78, 5) is 14.5. The molecule has 0 amide bonds. The molecule has 0 fully saturated rings. The fraction of sp³-hybridized carbons (Fsp3) is 0.154. The molecule has 1 rings (SSSR count). The Morgan fingerprint density at radius 3 is 2.71 bits per heavy atom. The zero-order valence-electron chi connectivity index (χ0n) is 9.79. The third kappa shape index (κ3) is 2.97. The van der Waals surface area contributed by atoms with E-state index in [9.17, 15) is 4.79 Å². The van der Waals surface area contributed by atoms with Crippen LogP contribution in [0, 0.1) is 0 Å². The maximum atomic E-state index is 11.5. The summed E-state index contributed by atoms with van der Waals surface area (Å²) in [5.74, 6) is -0.407. The third-order valence-corrected chi connectivity index (χ3v) is 2.96. The van der Waals surface area contributed by atoms with Crippen molar-refractivity contribution in [2.24, 2.45) is 0 Å². The largest absolute Gasteiger partial charge is 0.464 e. The fourth-order valence-electron chi connectivity index (χ4n) is 1.36. The molecule has 0 radical (unpaired) electrons. The highest BCUT2D eigenvalue weighted by Gasteiger charge is 2.13. The minimum atomic E-state index is -0.407. The molecule has 0 spiro atoms. The number of hydrogen-bond acceptors (Lipinski definition) is 2. The molecule has 0 bridgehead atoms. The molecule has 17 heavy (non-hydrogen) atoms. The number of methoxy groups -OCH3 is 1. The van der Waals surface area contributed by atoms with Crippen LogP contribution in [0.25, 0.3) is 12.2 Å². The molecule has 1 N–H and O–H groups in total. The zero-order valence-corrected chi connectivity index (χ0v) is 11.4. The van der Waals surface area contributed by atoms with E-state index in [1.165, 1.54) is 7.11 Å². The first-order valence-electron chi connectivity index (χ1n) is 5.07. The van der Waals surface area contributed by atoms with Gasteiger partial charge in [0, 0.05) is 10.6 Å². The van der Waals surface area contributed by atoms with Crippen LogP contribution >= 0.6 is 15.9 Å². The molecule has 90 valence electrons. The lowest BCUT2D eigenvalue weighted by Crippen LogP contribution is -2.22.